The Labute approximate surface area is 121 Å². The highest BCUT2D eigenvalue weighted by Gasteiger charge is 2.14. The van der Waals surface area contributed by atoms with E-state index in [4.69, 9.17) is 10.7 Å². The lowest BCUT2D eigenvalue weighted by Gasteiger charge is -2.08. The summed E-state index contributed by atoms with van der Waals surface area (Å²) in [6.45, 7) is 6.56. The first-order chi connectivity index (χ1) is 9.56. The molecular weight excluding hydrogens is 246 g/mol. The summed E-state index contributed by atoms with van der Waals surface area (Å²) in [7, 11) is 0. The Bertz CT molecular complexity index is 528. The van der Waals surface area contributed by atoms with E-state index in [1.54, 1.807) is 0 Å². The number of aryl methyl sites for hydroxylation is 2. The number of rotatable bonds is 6. The maximum absolute atomic E-state index is 6.27. The van der Waals surface area contributed by atoms with Crippen LogP contribution in [0.5, 0.6) is 0 Å². The third-order valence-electron chi connectivity index (χ3n) is 3.61. The van der Waals surface area contributed by atoms with Gasteiger partial charge >= 0.3 is 0 Å². The zero-order valence-corrected chi connectivity index (χ0v) is 12.7. The second kappa shape index (κ2) is 6.71. The molecule has 0 aliphatic rings. The molecule has 1 atom stereocenters. The van der Waals surface area contributed by atoms with Crippen molar-refractivity contribution >= 4 is 0 Å². The van der Waals surface area contributed by atoms with Gasteiger partial charge in [-0.25, -0.2) is 4.98 Å². The van der Waals surface area contributed by atoms with Gasteiger partial charge in [-0.2, -0.15) is 0 Å². The maximum Gasteiger partial charge on any atom is 0.123 e. The van der Waals surface area contributed by atoms with Crippen LogP contribution in [0.1, 0.15) is 49.1 Å². The molecule has 0 saturated carbocycles. The Kier molecular flexibility index (Phi) is 4.96. The van der Waals surface area contributed by atoms with Crippen molar-refractivity contribution in [3.05, 3.63) is 53.1 Å². The summed E-state index contributed by atoms with van der Waals surface area (Å²) >= 11 is 0. The molecule has 2 aromatic rings. The molecule has 108 valence electrons. The molecule has 1 aromatic carbocycles. The van der Waals surface area contributed by atoms with Crippen molar-refractivity contribution in [1.29, 1.82) is 0 Å². The van der Waals surface area contributed by atoms with Crippen LogP contribution in [-0.4, -0.2) is 9.97 Å². The highest BCUT2D eigenvalue weighted by Crippen LogP contribution is 2.17. The molecule has 20 heavy (non-hydrogen) atoms. The summed E-state index contributed by atoms with van der Waals surface area (Å²) < 4.78 is 0. The van der Waals surface area contributed by atoms with Gasteiger partial charge in [-0.15, -0.1) is 0 Å². The van der Waals surface area contributed by atoms with Crippen LogP contribution in [0.3, 0.4) is 0 Å². The fraction of sp³-hybridized carbons (Fsp3) is 0.471. The minimum Gasteiger partial charge on any atom is -0.345 e. The summed E-state index contributed by atoms with van der Waals surface area (Å²) in [6, 6.07) is 10.3. The molecule has 1 heterocycles. The molecule has 1 unspecified atom stereocenters. The van der Waals surface area contributed by atoms with Crippen molar-refractivity contribution in [3.8, 4) is 0 Å². The molecule has 3 N–H and O–H groups in total. The van der Waals surface area contributed by atoms with Crippen LogP contribution in [0.4, 0.5) is 0 Å². The van der Waals surface area contributed by atoms with Crippen LogP contribution in [0.2, 0.25) is 0 Å². The van der Waals surface area contributed by atoms with E-state index in [1.807, 2.05) is 18.2 Å². The summed E-state index contributed by atoms with van der Waals surface area (Å²) in [5.41, 5.74) is 9.84. The average Bonchev–Trinajstić information content (AvgIpc) is 2.79. The van der Waals surface area contributed by atoms with E-state index in [-0.39, 0.29) is 6.04 Å². The van der Waals surface area contributed by atoms with Gasteiger partial charge in [0.2, 0.25) is 0 Å². The minimum absolute atomic E-state index is 0.0658. The second-order valence-corrected chi connectivity index (χ2v) is 5.92. The van der Waals surface area contributed by atoms with Gasteiger partial charge in [0.05, 0.1) is 11.7 Å². The Morgan fingerprint density at radius 1 is 1.20 bits per heavy atom. The zero-order valence-electron chi connectivity index (χ0n) is 12.7. The highest BCUT2D eigenvalue weighted by atomic mass is 15.0. The monoisotopic (exact) mass is 271 g/mol. The van der Waals surface area contributed by atoms with Crippen molar-refractivity contribution in [2.24, 2.45) is 11.7 Å². The molecule has 0 spiro atoms. The summed E-state index contributed by atoms with van der Waals surface area (Å²) in [6.07, 6.45) is 3.01. The molecule has 0 radical (unpaired) electrons. The maximum atomic E-state index is 6.27. The van der Waals surface area contributed by atoms with Gasteiger partial charge < -0.3 is 10.7 Å². The summed E-state index contributed by atoms with van der Waals surface area (Å²) in [5, 5.41) is 0. The number of hydrogen-bond donors (Lipinski definition) is 2. The molecule has 0 bridgehead atoms. The molecule has 3 nitrogen and oxygen atoms in total. The van der Waals surface area contributed by atoms with Gasteiger partial charge in [-0.3, -0.25) is 0 Å². The minimum atomic E-state index is -0.0658. The van der Waals surface area contributed by atoms with Crippen LogP contribution in [0.25, 0.3) is 0 Å². The lowest BCUT2D eigenvalue weighted by atomic mass is 10.1. The fourth-order valence-electron chi connectivity index (χ4n) is 2.33. The van der Waals surface area contributed by atoms with Gasteiger partial charge in [-0.05, 0) is 37.7 Å². The number of nitrogens with two attached hydrogens (primary N) is 1. The number of nitrogens with zero attached hydrogens (tertiary/aromatic N) is 1. The number of aromatic amines is 1. The quantitative estimate of drug-likeness (QED) is 0.844. The number of benzene rings is 1. The van der Waals surface area contributed by atoms with Gasteiger partial charge in [-0.1, -0.05) is 44.2 Å². The van der Waals surface area contributed by atoms with E-state index < -0.39 is 0 Å². The normalized spacial score (nSPS) is 12.8. The van der Waals surface area contributed by atoms with E-state index in [0.717, 1.165) is 30.1 Å². The van der Waals surface area contributed by atoms with Crippen LogP contribution >= 0.6 is 0 Å². The molecule has 2 rings (SSSR count). The number of hydrogen-bond acceptors (Lipinski definition) is 2. The molecular formula is C17H25N3. The number of H-pyrrole nitrogens is 1. The van der Waals surface area contributed by atoms with E-state index in [1.165, 1.54) is 12.0 Å². The molecule has 0 fully saturated rings. The molecule has 3 heteroatoms. The van der Waals surface area contributed by atoms with Crippen LogP contribution < -0.4 is 5.73 Å². The van der Waals surface area contributed by atoms with Crippen molar-refractivity contribution in [3.63, 3.8) is 0 Å². The zero-order chi connectivity index (χ0) is 14.5. The van der Waals surface area contributed by atoms with E-state index >= 15 is 0 Å². The van der Waals surface area contributed by atoms with Gasteiger partial charge in [0, 0.05) is 5.69 Å². The van der Waals surface area contributed by atoms with E-state index in [2.05, 4.69) is 37.9 Å². The van der Waals surface area contributed by atoms with Crippen LogP contribution in [0, 0.1) is 12.8 Å². The molecule has 1 aromatic heterocycles. The summed E-state index contributed by atoms with van der Waals surface area (Å²) in [4.78, 5) is 8.05. The smallest absolute Gasteiger partial charge is 0.123 e. The van der Waals surface area contributed by atoms with Crippen molar-refractivity contribution in [2.75, 3.05) is 0 Å². The number of nitrogens with one attached hydrogen (secondary N) is 1. The largest absolute Gasteiger partial charge is 0.345 e. The molecule has 0 aliphatic carbocycles. The first-order valence-electron chi connectivity index (χ1n) is 7.41. The van der Waals surface area contributed by atoms with Gasteiger partial charge in [0.25, 0.3) is 0 Å². The lowest BCUT2D eigenvalue weighted by molar-refractivity contribution is 0.579. The predicted molar refractivity (Wildman–Crippen MR) is 83.6 cm³/mol. The Morgan fingerprint density at radius 3 is 2.55 bits per heavy atom. The van der Waals surface area contributed by atoms with E-state index in [9.17, 15) is 0 Å². The average molecular weight is 271 g/mol. The van der Waals surface area contributed by atoms with Gasteiger partial charge in [0.1, 0.15) is 5.82 Å². The SMILES string of the molecule is Cc1[nH]c(C(N)Cc2ccccc2)nc1CCC(C)C. The van der Waals surface area contributed by atoms with Gasteiger partial charge in [0.15, 0.2) is 0 Å². The third-order valence-corrected chi connectivity index (χ3v) is 3.61. The topological polar surface area (TPSA) is 54.7 Å². The highest BCUT2D eigenvalue weighted by molar-refractivity contribution is 5.20. The van der Waals surface area contributed by atoms with E-state index in [0.29, 0.717) is 5.92 Å². The second-order valence-electron chi connectivity index (χ2n) is 5.92. The van der Waals surface area contributed by atoms with Crippen LogP contribution in [0.15, 0.2) is 30.3 Å². The van der Waals surface area contributed by atoms with Crippen LogP contribution in [-0.2, 0) is 12.8 Å². The van der Waals surface area contributed by atoms with Crippen molar-refractivity contribution in [1.82, 2.24) is 9.97 Å². The Morgan fingerprint density at radius 2 is 1.90 bits per heavy atom. The molecule has 0 saturated heterocycles. The Hall–Kier alpha value is -1.61. The van der Waals surface area contributed by atoms with Crippen molar-refractivity contribution in [2.45, 2.75) is 46.1 Å². The first-order valence-corrected chi connectivity index (χ1v) is 7.41. The fourth-order valence-corrected chi connectivity index (χ4v) is 2.33. The Balaban J connectivity index is 2.03. The standard InChI is InChI=1S/C17H25N3/c1-12(2)9-10-16-13(3)19-17(20-16)15(18)11-14-7-5-4-6-8-14/h4-8,12,15H,9-11,18H2,1-3H3,(H,19,20). The van der Waals surface area contributed by atoms with Crippen molar-refractivity contribution < 1.29 is 0 Å². The molecule has 0 aliphatic heterocycles. The third kappa shape index (κ3) is 3.94. The molecule has 0 amide bonds. The number of imidazole rings is 1. The summed E-state index contributed by atoms with van der Waals surface area (Å²) in [5.74, 6) is 1.61. The predicted octanol–water partition coefficient (Wildman–Crippen LogP) is 3.55. The number of aromatic nitrogens is 2. The first kappa shape index (κ1) is 14.8. The lowest BCUT2D eigenvalue weighted by Crippen LogP contribution is -2.15.